The second-order valence-corrected chi connectivity index (χ2v) is 5.82. The van der Waals surface area contributed by atoms with Gasteiger partial charge < -0.3 is 0 Å². The summed E-state index contributed by atoms with van der Waals surface area (Å²) in [7, 11) is 0. The molecule has 1 N–H and O–H groups in total. The normalized spacial score (nSPS) is 12.3. The molecule has 18 heavy (non-hydrogen) atoms. The van der Waals surface area contributed by atoms with Gasteiger partial charge in [-0.25, -0.2) is 4.79 Å². The summed E-state index contributed by atoms with van der Waals surface area (Å²) < 4.78 is 0. The number of rotatable bonds is 4. The molecule has 1 aromatic carbocycles. The molecule has 0 heterocycles. The van der Waals surface area contributed by atoms with Gasteiger partial charge in [-0.15, -0.1) is 0 Å². The highest BCUT2D eigenvalue weighted by atomic mass is 17.1. The van der Waals surface area contributed by atoms with Crippen LogP contribution in [-0.4, -0.2) is 11.2 Å². The molecular formula is C15H22O3. The van der Waals surface area contributed by atoms with E-state index in [2.05, 4.69) is 39.5 Å². The lowest BCUT2D eigenvalue weighted by Gasteiger charge is -2.42. The van der Waals surface area contributed by atoms with Crippen LogP contribution in [0.2, 0.25) is 0 Å². The molecule has 0 amide bonds. The van der Waals surface area contributed by atoms with Crippen molar-refractivity contribution in [2.24, 2.45) is 5.41 Å². The maximum absolute atomic E-state index is 11.3. The molecule has 100 valence electrons. The van der Waals surface area contributed by atoms with E-state index in [-0.39, 0.29) is 10.8 Å². The van der Waals surface area contributed by atoms with Gasteiger partial charge in [0.1, 0.15) is 0 Å². The lowest BCUT2D eigenvalue weighted by molar-refractivity contribution is -0.182. The average Bonchev–Trinajstić information content (AvgIpc) is 2.37. The van der Waals surface area contributed by atoms with Crippen molar-refractivity contribution in [3.05, 3.63) is 35.4 Å². The Bertz CT molecular complexity index is 433. The summed E-state index contributed by atoms with van der Waals surface area (Å²) >= 11 is 0. The molecule has 0 saturated heterocycles. The number of carbonyl (C=O) groups is 1. The molecule has 0 saturated carbocycles. The van der Waals surface area contributed by atoms with Crippen molar-refractivity contribution in [1.29, 1.82) is 0 Å². The summed E-state index contributed by atoms with van der Waals surface area (Å²) in [6, 6.07) is 7.24. The third-order valence-corrected chi connectivity index (χ3v) is 4.48. The third kappa shape index (κ3) is 2.56. The van der Waals surface area contributed by atoms with Crippen LogP contribution in [0.3, 0.4) is 0 Å². The third-order valence-electron chi connectivity index (χ3n) is 4.48. The molecule has 0 bridgehead atoms. The largest absolute Gasteiger partial charge is 0.372 e. The van der Waals surface area contributed by atoms with E-state index in [1.165, 1.54) is 0 Å². The van der Waals surface area contributed by atoms with Gasteiger partial charge in [-0.2, -0.15) is 5.26 Å². The van der Waals surface area contributed by atoms with Crippen molar-refractivity contribution in [3.8, 4) is 0 Å². The molecule has 1 aromatic rings. The van der Waals surface area contributed by atoms with Crippen molar-refractivity contribution >= 4 is 5.97 Å². The molecule has 0 aliphatic heterocycles. The Hall–Kier alpha value is -1.35. The Balaban J connectivity index is 3.21. The monoisotopic (exact) mass is 250 g/mol. The fourth-order valence-corrected chi connectivity index (χ4v) is 1.92. The zero-order valence-corrected chi connectivity index (χ0v) is 11.8. The lowest BCUT2D eigenvalue weighted by atomic mass is 9.63. The molecular weight excluding hydrogens is 228 g/mol. The second kappa shape index (κ2) is 5.11. The molecule has 1 rings (SSSR count). The van der Waals surface area contributed by atoms with Gasteiger partial charge in [0.25, 0.3) is 0 Å². The van der Waals surface area contributed by atoms with Gasteiger partial charge in [-0.3, -0.25) is 4.89 Å². The zero-order chi connectivity index (χ0) is 14.0. The van der Waals surface area contributed by atoms with E-state index in [0.29, 0.717) is 5.56 Å². The number of benzene rings is 1. The Morgan fingerprint density at radius 1 is 1.28 bits per heavy atom. The van der Waals surface area contributed by atoms with Crippen LogP contribution in [-0.2, 0) is 10.3 Å². The summed E-state index contributed by atoms with van der Waals surface area (Å²) in [5.74, 6) is -0.720. The van der Waals surface area contributed by atoms with Gasteiger partial charge in [-0.1, -0.05) is 53.2 Å². The van der Waals surface area contributed by atoms with E-state index >= 15 is 0 Å². The van der Waals surface area contributed by atoms with Crippen LogP contribution in [0.5, 0.6) is 0 Å². The Labute approximate surface area is 109 Å². The van der Waals surface area contributed by atoms with Crippen molar-refractivity contribution < 1.29 is 14.9 Å². The molecule has 0 atom stereocenters. The first-order valence-electron chi connectivity index (χ1n) is 6.22. The SMILES string of the molecule is CCC(C)(C)C(C)(C)c1cccc(C(=O)OO)c1. The number of hydrogen-bond acceptors (Lipinski definition) is 3. The molecule has 0 fully saturated rings. The predicted molar refractivity (Wildman–Crippen MR) is 71.6 cm³/mol. The van der Waals surface area contributed by atoms with Crippen LogP contribution in [0.25, 0.3) is 0 Å². The molecule has 0 aliphatic rings. The molecule has 0 aromatic heterocycles. The van der Waals surface area contributed by atoms with Crippen LogP contribution in [0.1, 0.15) is 57.0 Å². The minimum Gasteiger partial charge on any atom is -0.296 e. The predicted octanol–water partition coefficient (Wildman–Crippen LogP) is 4.03. The summed E-state index contributed by atoms with van der Waals surface area (Å²) in [5.41, 5.74) is 1.47. The Morgan fingerprint density at radius 2 is 1.89 bits per heavy atom. The Morgan fingerprint density at radius 3 is 2.39 bits per heavy atom. The van der Waals surface area contributed by atoms with E-state index in [1.54, 1.807) is 12.1 Å². The first kappa shape index (κ1) is 14.7. The van der Waals surface area contributed by atoms with Gasteiger partial charge in [0.2, 0.25) is 0 Å². The van der Waals surface area contributed by atoms with E-state index < -0.39 is 5.97 Å². The first-order valence-corrected chi connectivity index (χ1v) is 6.22. The topological polar surface area (TPSA) is 46.5 Å². The maximum atomic E-state index is 11.3. The van der Waals surface area contributed by atoms with Gasteiger partial charge in [0.05, 0.1) is 5.56 Å². The van der Waals surface area contributed by atoms with Crippen LogP contribution in [0.4, 0.5) is 0 Å². The van der Waals surface area contributed by atoms with Crippen molar-refractivity contribution in [1.82, 2.24) is 0 Å². The molecule has 3 nitrogen and oxygen atoms in total. The highest BCUT2D eigenvalue weighted by Crippen LogP contribution is 2.43. The van der Waals surface area contributed by atoms with Crippen molar-refractivity contribution in [2.45, 2.75) is 46.5 Å². The maximum Gasteiger partial charge on any atom is 0.372 e. The summed E-state index contributed by atoms with van der Waals surface area (Å²) in [5, 5.41) is 8.44. The average molecular weight is 250 g/mol. The van der Waals surface area contributed by atoms with E-state index in [9.17, 15) is 4.79 Å². The van der Waals surface area contributed by atoms with Crippen LogP contribution in [0, 0.1) is 5.41 Å². The highest BCUT2D eigenvalue weighted by molar-refractivity contribution is 5.89. The second-order valence-electron chi connectivity index (χ2n) is 5.82. The van der Waals surface area contributed by atoms with E-state index in [1.807, 2.05) is 12.1 Å². The highest BCUT2D eigenvalue weighted by Gasteiger charge is 2.37. The summed E-state index contributed by atoms with van der Waals surface area (Å²) in [6.45, 7) is 10.9. The fraction of sp³-hybridized carbons (Fsp3) is 0.533. The van der Waals surface area contributed by atoms with Crippen LogP contribution >= 0.6 is 0 Å². The minimum absolute atomic E-state index is 0.0759. The smallest absolute Gasteiger partial charge is 0.296 e. The quantitative estimate of drug-likeness (QED) is 0.648. The standard InChI is InChI=1S/C15H22O3/c1-6-14(2,3)15(4,5)12-9-7-8-11(10-12)13(16)18-17/h7-10,17H,6H2,1-5H3. The van der Waals surface area contributed by atoms with Gasteiger partial charge in [0.15, 0.2) is 0 Å². The Kier molecular flexibility index (Phi) is 4.17. The summed E-state index contributed by atoms with van der Waals surface area (Å²) in [6.07, 6.45) is 1.04. The molecule has 0 unspecified atom stereocenters. The lowest BCUT2D eigenvalue weighted by Crippen LogP contribution is -2.36. The zero-order valence-electron chi connectivity index (χ0n) is 11.8. The molecule has 0 spiro atoms. The van der Waals surface area contributed by atoms with Crippen molar-refractivity contribution in [3.63, 3.8) is 0 Å². The number of hydrogen-bond donors (Lipinski definition) is 1. The van der Waals surface area contributed by atoms with Crippen LogP contribution in [0.15, 0.2) is 24.3 Å². The van der Waals surface area contributed by atoms with E-state index in [0.717, 1.165) is 12.0 Å². The van der Waals surface area contributed by atoms with Gasteiger partial charge >= 0.3 is 5.97 Å². The first-order chi connectivity index (χ1) is 8.26. The van der Waals surface area contributed by atoms with Crippen molar-refractivity contribution in [2.75, 3.05) is 0 Å². The molecule has 0 aliphatic carbocycles. The van der Waals surface area contributed by atoms with Gasteiger partial charge in [-0.05, 0) is 28.5 Å². The number of carbonyl (C=O) groups excluding carboxylic acids is 1. The fourth-order valence-electron chi connectivity index (χ4n) is 1.92. The molecule has 3 heteroatoms. The van der Waals surface area contributed by atoms with Gasteiger partial charge in [0, 0.05) is 0 Å². The van der Waals surface area contributed by atoms with E-state index in [4.69, 9.17) is 5.26 Å². The van der Waals surface area contributed by atoms with Crippen LogP contribution < -0.4 is 0 Å². The molecule has 0 radical (unpaired) electrons. The summed E-state index contributed by atoms with van der Waals surface area (Å²) in [4.78, 5) is 15.1. The minimum atomic E-state index is -0.720.